The molecular formula is C22H19FN4O4. The number of benzene rings is 2. The van der Waals surface area contributed by atoms with Gasteiger partial charge in [0.1, 0.15) is 22.9 Å². The molecule has 8 nitrogen and oxygen atoms in total. The zero-order valence-corrected chi connectivity index (χ0v) is 17.0. The third-order valence-electron chi connectivity index (χ3n) is 4.67. The van der Waals surface area contributed by atoms with Gasteiger partial charge < -0.3 is 19.5 Å². The van der Waals surface area contributed by atoms with Gasteiger partial charge in [0.05, 0.1) is 38.9 Å². The maximum absolute atomic E-state index is 14.5. The van der Waals surface area contributed by atoms with Crippen LogP contribution in [0.15, 0.2) is 54.7 Å². The van der Waals surface area contributed by atoms with E-state index in [4.69, 9.17) is 14.2 Å². The van der Waals surface area contributed by atoms with Gasteiger partial charge in [0.15, 0.2) is 5.65 Å². The monoisotopic (exact) mass is 422 g/mol. The first-order valence-corrected chi connectivity index (χ1v) is 9.26. The third-order valence-corrected chi connectivity index (χ3v) is 4.67. The Labute approximate surface area is 177 Å². The molecule has 0 unspecified atom stereocenters. The number of methoxy groups -OCH3 is 3. The van der Waals surface area contributed by atoms with Gasteiger partial charge in [0.25, 0.3) is 5.91 Å². The highest BCUT2D eigenvalue weighted by Crippen LogP contribution is 2.30. The lowest BCUT2D eigenvalue weighted by atomic mass is 10.1. The number of aromatic nitrogens is 3. The van der Waals surface area contributed by atoms with E-state index < -0.39 is 11.7 Å². The van der Waals surface area contributed by atoms with Crippen LogP contribution in [0.25, 0.3) is 16.9 Å². The Hall–Kier alpha value is -4.14. The number of hydrogen-bond donors (Lipinski definition) is 1. The molecular weight excluding hydrogens is 403 g/mol. The van der Waals surface area contributed by atoms with Gasteiger partial charge in [-0.2, -0.15) is 0 Å². The summed E-state index contributed by atoms with van der Waals surface area (Å²) in [6.07, 6.45) is 1.69. The van der Waals surface area contributed by atoms with Crippen LogP contribution in [0.4, 0.5) is 10.1 Å². The van der Waals surface area contributed by atoms with Crippen LogP contribution in [0.2, 0.25) is 0 Å². The summed E-state index contributed by atoms with van der Waals surface area (Å²) in [5.74, 6) is -0.0851. The molecule has 0 aliphatic rings. The molecule has 2 aromatic carbocycles. The predicted molar refractivity (Wildman–Crippen MR) is 112 cm³/mol. The van der Waals surface area contributed by atoms with Crippen molar-refractivity contribution in [2.24, 2.45) is 0 Å². The summed E-state index contributed by atoms with van der Waals surface area (Å²) in [6.45, 7) is 0. The first kappa shape index (κ1) is 20.1. The zero-order valence-electron chi connectivity index (χ0n) is 17.0. The van der Waals surface area contributed by atoms with Gasteiger partial charge >= 0.3 is 0 Å². The lowest BCUT2D eigenvalue weighted by Crippen LogP contribution is -2.15. The highest BCUT2D eigenvalue weighted by Gasteiger charge is 2.20. The average Bonchev–Trinajstić information content (AvgIpc) is 3.23. The van der Waals surface area contributed by atoms with Crippen molar-refractivity contribution in [1.29, 1.82) is 0 Å². The number of nitrogens with one attached hydrogen (secondary N) is 1. The molecule has 2 aromatic heterocycles. The standard InChI is InChI=1S/C22H19FN4O4/c1-29-17-5-4-6-18(30-2)21(17)22(28)25-15-11-13(7-8-14(15)23)16-12-27-19(24-16)9-10-20(26-27)31-3/h4-12H,1-3H3,(H,25,28). The van der Waals surface area contributed by atoms with Gasteiger partial charge in [-0.05, 0) is 36.4 Å². The number of nitrogens with zero attached hydrogens (tertiary/aromatic N) is 3. The Morgan fingerprint density at radius 2 is 1.74 bits per heavy atom. The van der Waals surface area contributed by atoms with Gasteiger partial charge in [-0.25, -0.2) is 13.9 Å². The number of carbonyl (C=O) groups is 1. The van der Waals surface area contributed by atoms with Crippen LogP contribution in [0.1, 0.15) is 10.4 Å². The smallest absolute Gasteiger partial charge is 0.263 e. The molecule has 0 bridgehead atoms. The highest BCUT2D eigenvalue weighted by molar-refractivity contribution is 6.08. The second-order valence-corrected chi connectivity index (χ2v) is 6.49. The molecule has 0 saturated heterocycles. The van der Waals surface area contributed by atoms with Gasteiger partial charge in [-0.15, -0.1) is 5.10 Å². The number of rotatable bonds is 6. The van der Waals surface area contributed by atoms with E-state index in [1.54, 1.807) is 47.1 Å². The van der Waals surface area contributed by atoms with Crippen LogP contribution in [-0.2, 0) is 0 Å². The molecule has 0 aliphatic carbocycles. The molecule has 0 fully saturated rings. The molecule has 4 aromatic rings. The number of imidazole rings is 1. The molecule has 2 heterocycles. The summed E-state index contributed by atoms with van der Waals surface area (Å²) >= 11 is 0. The zero-order chi connectivity index (χ0) is 22.0. The van der Waals surface area contributed by atoms with E-state index in [9.17, 15) is 9.18 Å². The lowest BCUT2D eigenvalue weighted by molar-refractivity contribution is 0.102. The molecule has 1 amide bonds. The normalized spacial score (nSPS) is 10.7. The molecule has 158 valence electrons. The topological polar surface area (TPSA) is 87.0 Å². The van der Waals surface area contributed by atoms with E-state index in [0.717, 1.165) is 0 Å². The van der Waals surface area contributed by atoms with Crippen molar-refractivity contribution >= 4 is 17.2 Å². The molecule has 0 atom stereocenters. The number of halogens is 1. The predicted octanol–water partition coefficient (Wildman–Crippen LogP) is 3.81. The molecule has 1 N–H and O–H groups in total. The summed E-state index contributed by atoms with van der Waals surface area (Å²) < 4.78 is 31.7. The maximum atomic E-state index is 14.5. The van der Waals surface area contributed by atoms with Gasteiger partial charge in [0.2, 0.25) is 5.88 Å². The van der Waals surface area contributed by atoms with Crippen LogP contribution in [-0.4, -0.2) is 41.8 Å². The SMILES string of the molecule is COc1ccc2nc(-c3ccc(F)c(NC(=O)c4c(OC)cccc4OC)c3)cn2n1. The Balaban J connectivity index is 1.69. The first-order chi connectivity index (χ1) is 15.0. The number of ether oxygens (including phenoxy) is 3. The summed E-state index contributed by atoms with van der Waals surface area (Å²) in [5.41, 5.74) is 1.93. The molecule has 0 spiro atoms. The number of anilines is 1. The van der Waals surface area contributed by atoms with Crippen molar-refractivity contribution in [3.63, 3.8) is 0 Å². The van der Waals surface area contributed by atoms with E-state index in [1.165, 1.54) is 33.5 Å². The highest BCUT2D eigenvalue weighted by atomic mass is 19.1. The Morgan fingerprint density at radius 1 is 1.00 bits per heavy atom. The second-order valence-electron chi connectivity index (χ2n) is 6.49. The first-order valence-electron chi connectivity index (χ1n) is 9.26. The quantitative estimate of drug-likeness (QED) is 0.508. The molecule has 9 heteroatoms. The number of amides is 1. The van der Waals surface area contributed by atoms with Crippen molar-refractivity contribution in [3.05, 3.63) is 66.1 Å². The average molecular weight is 422 g/mol. The minimum absolute atomic E-state index is 0.00180. The van der Waals surface area contributed by atoms with Crippen LogP contribution in [0.3, 0.4) is 0 Å². The summed E-state index contributed by atoms with van der Waals surface area (Å²) in [6, 6.07) is 12.8. The van der Waals surface area contributed by atoms with Gasteiger partial charge in [-0.1, -0.05) is 6.07 Å². The Bertz CT molecular complexity index is 1250. The number of carbonyl (C=O) groups excluding carboxylic acids is 1. The molecule has 0 radical (unpaired) electrons. The molecule has 0 aliphatic heterocycles. The van der Waals surface area contributed by atoms with Crippen LogP contribution >= 0.6 is 0 Å². The fourth-order valence-electron chi connectivity index (χ4n) is 3.15. The van der Waals surface area contributed by atoms with E-state index >= 15 is 0 Å². The van der Waals surface area contributed by atoms with E-state index in [1.807, 2.05) is 0 Å². The minimum atomic E-state index is -0.588. The second kappa shape index (κ2) is 8.31. The largest absolute Gasteiger partial charge is 0.496 e. The van der Waals surface area contributed by atoms with Crippen molar-refractivity contribution in [2.45, 2.75) is 0 Å². The van der Waals surface area contributed by atoms with E-state index in [-0.39, 0.29) is 11.3 Å². The van der Waals surface area contributed by atoms with E-state index in [2.05, 4.69) is 15.4 Å². The van der Waals surface area contributed by atoms with Crippen LogP contribution in [0, 0.1) is 5.82 Å². The third kappa shape index (κ3) is 3.85. The fraction of sp³-hybridized carbons (Fsp3) is 0.136. The van der Waals surface area contributed by atoms with Gasteiger partial charge in [-0.3, -0.25) is 4.79 Å². The summed E-state index contributed by atoms with van der Waals surface area (Å²) in [4.78, 5) is 17.4. The van der Waals surface area contributed by atoms with Crippen LogP contribution in [0.5, 0.6) is 17.4 Å². The molecule has 4 rings (SSSR count). The summed E-state index contributed by atoms with van der Waals surface area (Å²) in [7, 11) is 4.41. The summed E-state index contributed by atoms with van der Waals surface area (Å²) in [5, 5.41) is 6.86. The maximum Gasteiger partial charge on any atom is 0.263 e. The Morgan fingerprint density at radius 3 is 2.42 bits per heavy atom. The van der Waals surface area contributed by atoms with Crippen LogP contribution < -0.4 is 19.5 Å². The Kier molecular flexibility index (Phi) is 5.40. The van der Waals surface area contributed by atoms with E-state index in [0.29, 0.717) is 34.3 Å². The molecule has 0 saturated carbocycles. The van der Waals surface area contributed by atoms with Gasteiger partial charge in [0, 0.05) is 11.6 Å². The number of fused-ring (bicyclic) bond motifs is 1. The lowest BCUT2D eigenvalue weighted by Gasteiger charge is -2.13. The molecule has 31 heavy (non-hydrogen) atoms. The van der Waals surface area contributed by atoms with Crippen molar-refractivity contribution in [2.75, 3.05) is 26.6 Å². The minimum Gasteiger partial charge on any atom is -0.496 e. The van der Waals surface area contributed by atoms with Crippen molar-refractivity contribution < 1.29 is 23.4 Å². The van der Waals surface area contributed by atoms with Crippen molar-refractivity contribution in [3.8, 4) is 28.6 Å². The van der Waals surface area contributed by atoms with Crippen molar-refractivity contribution in [1.82, 2.24) is 14.6 Å². The number of hydrogen-bond acceptors (Lipinski definition) is 6. The fourth-order valence-corrected chi connectivity index (χ4v) is 3.15.